The topological polar surface area (TPSA) is 53.4 Å². The quantitative estimate of drug-likeness (QED) is 0.741. The number of aliphatic hydroxyl groups excluding tert-OH is 1. The number of rotatable bonds is 3. The lowest BCUT2D eigenvalue weighted by Crippen LogP contribution is -2.45. The van der Waals surface area contributed by atoms with Crippen molar-refractivity contribution in [2.24, 2.45) is 5.92 Å². The summed E-state index contributed by atoms with van der Waals surface area (Å²) in [6, 6.07) is 20.9. The second kappa shape index (κ2) is 7.45. The van der Waals surface area contributed by atoms with Gasteiger partial charge in [0.1, 0.15) is 0 Å². The van der Waals surface area contributed by atoms with Crippen LogP contribution in [0.2, 0.25) is 0 Å². The fourth-order valence-electron chi connectivity index (χ4n) is 4.44. The smallest absolute Gasteiger partial charge is 0.226 e. The minimum absolute atomic E-state index is 0.0103. The maximum absolute atomic E-state index is 12.6. The second-order valence-corrected chi connectivity index (χ2v) is 8.08. The van der Waals surface area contributed by atoms with Gasteiger partial charge in [-0.25, -0.2) is 0 Å². The Morgan fingerprint density at radius 1 is 0.966 bits per heavy atom. The van der Waals surface area contributed by atoms with Crippen LogP contribution in [0.1, 0.15) is 24.0 Å². The lowest BCUT2D eigenvalue weighted by atomic mass is 9.81. The van der Waals surface area contributed by atoms with Crippen molar-refractivity contribution in [1.82, 2.24) is 9.88 Å². The molecule has 0 bridgehead atoms. The zero-order chi connectivity index (χ0) is 19.8. The van der Waals surface area contributed by atoms with E-state index in [1.807, 2.05) is 35.4 Å². The summed E-state index contributed by atoms with van der Waals surface area (Å²) >= 11 is 0. The van der Waals surface area contributed by atoms with Crippen LogP contribution < -0.4 is 0 Å². The van der Waals surface area contributed by atoms with Gasteiger partial charge in [0, 0.05) is 30.8 Å². The van der Waals surface area contributed by atoms with Crippen molar-refractivity contribution >= 4 is 5.91 Å². The van der Waals surface area contributed by atoms with Crippen molar-refractivity contribution < 1.29 is 9.90 Å². The molecule has 1 aromatic heterocycles. The van der Waals surface area contributed by atoms with Gasteiger partial charge in [-0.05, 0) is 53.6 Å². The molecule has 4 heteroatoms. The zero-order valence-corrected chi connectivity index (χ0v) is 16.3. The first-order valence-corrected chi connectivity index (χ1v) is 10.3. The Labute approximate surface area is 170 Å². The number of benzene rings is 2. The first-order chi connectivity index (χ1) is 14.2. The second-order valence-electron chi connectivity index (χ2n) is 8.08. The molecule has 29 heavy (non-hydrogen) atoms. The first-order valence-electron chi connectivity index (χ1n) is 10.3. The molecule has 0 radical (unpaired) electrons. The molecule has 1 aliphatic heterocycles. The van der Waals surface area contributed by atoms with E-state index in [1.165, 1.54) is 22.3 Å². The summed E-state index contributed by atoms with van der Waals surface area (Å²) < 4.78 is 0. The van der Waals surface area contributed by atoms with E-state index in [-0.39, 0.29) is 17.9 Å². The molecular weight excluding hydrogens is 360 g/mol. The Morgan fingerprint density at radius 3 is 2.52 bits per heavy atom. The van der Waals surface area contributed by atoms with E-state index in [0.717, 1.165) is 24.2 Å². The number of aliphatic hydroxyl groups is 1. The van der Waals surface area contributed by atoms with Crippen molar-refractivity contribution in [3.63, 3.8) is 0 Å². The average Bonchev–Trinajstić information content (AvgIpc) is 2.76. The summed E-state index contributed by atoms with van der Waals surface area (Å²) in [5, 5.41) is 9.49. The number of carbonyl (C=O) groups is 1. The number of amides is 1. The summed E-state index contributed by atoms with van der Waals surface area (Å²) in [4.78, 5) is 19.1. The van der Waals surface area contributed by atoms with Gasteiger partial charge >= 0.3 is 0 Å². The summed E-state index contributed by atoms with van der Waals surface area (Å²) in [6.07, 6.45) is 3.64. The molecule has 0 unspecified atom stereocenters. The summed E-state index contributed by atoms with van der Waals surface area (Å²) in [5.41, 5.74) is 7.01. The van der Waals surface area contributed by atoms with Crippen molar-refractivity contribution in [1.29, 1.82) is 0 Å². The third kappa shape index (κ3) is 3.45. The molecule has 1 aliphatic carbocycles. The van der Waals surface area contributed by atoms with Crippen LogP contribution in [0, 0.1) is 5.92 Å². The first kappa shape index (κ1) is 18.1. The summed E-state index contributed by atoms with van der Waals surface area (Å²) in [5.74, 6) is 0.210. The van der Waals surface area contributed by atoms with E-state index in [0.29, 0.717) is 19.4 Å². The number of pyridine rings is 1. The third-order valence-corrected chi connectivity index (χ3v) is 6.17. The standard InChI is InChI=1S/C25H24N2O2/c28-21-14-20(15-21)25(29)27-12-10-17-13-18(8-9-19(17)16-27)22-5-1-2-6-23(22)24-7-3-4-11-26-24/h1-9,11,13,20-21,28H,10,12,14-16H2. The van der Waals surface area contributed by atoms with Crippen LogP contribution >= 0.6 is 0 Å². The van der Waals surface area contributed by atoms with E-state index in [9.17, 15) is 9.90 Å². The number of nitrogens with zero attached hydrogens (tertiary/aromatic N) is 2. The molecule has 2 aliphatic rings. The highest BCUT2D eigenvalue weighted by Gasteiger charge is 2.36. The van der Waals surface area contributed by atoms with Crippen LogP contribution in [0.15, 0.2) is 66.9 Å². The Kier molecular flexibility index (Phi) is 4.64. The van der Waals surface area contributed by atoms with Crippen LogP contribution in [0.5, 0.6) is 0 Å². The van der Waals surface area contributed by atoms with E-state index in [1.54, 1.807) is 0 Å². The van der Waals surface area contributed by atoms with Gasteiger partial charge in [0.15, 0.2) is 0 Å². The Hall–Kier alpha value is -2.98. The average molecular weight is 384 g/mol. The van der Waals surface area contributed by atoms with Gasteiger partial charge in [0.05, 0.1) is 11.8 Å². The monoisotopic (exact) mass is 384 g/mol. The molecule has 0 saturated heterocycles. The zero-order valence-electron chi connectivity index (χ0n) is 16.3. The van der Waals surface area contributed by atoms with Gasteiger partial charge in [0.25, 0.3) is 0 Å². The molecule has 0 atom stereocenters. The summed E-state index contributed by atoms with van der Waals surface area (Å²) in [6.45, 7) is 1.42. The molecule has 0 spiro atoms. The van der Waals surface area contributed by atoms with Gasteiger partial charge in [-0.15, -0.1) is 0 Å². The molecule has 1 fully saturated rings. The van der Waals surface area contributed by atoms with E-state index in [4.69, 9.17) is 0 Å². The van der Waals surface area contributed by atoms with Crippen LogP contribution in [-0.4, -0.2) is 33.5 Å². The van der Waals surface area contributed by atoms with Gasteiger partial charge in [0.2, 0.25) is 5.91 Å². The molecular formula is C25H24N2O2. The normalized spacial score (nSPS) is 20.7. The fourth-order valence-corrected chi connectivity index (χ4v) is 4.44. The van der Waals surface area contributed by atoms with Crippen molar-refractivity contribution in [3.8, 4) is 22.4 Å². The minimum Gasteiger partial charge on any atom is -0.393 e. The number of hydrogen-bond acceptors (Lipinski definition) is 3. The SMILES string of the molecule is O=C(C1CC(O)C1)N1CCc2cc(-c3ccccc3-c3ccccn3)ccc2C1. The molecule has 5 rings (SSSR count). The number of aromatic nitrogens is 1. The highest BCUT2D eigenvalue weighted by Crippen LogP contribution is 2.34. The van der Waals surface area contributed by atoms with Crippen molar-refractivity contribution in [3.05, 3.63) is 78.0 Å². The van der Waals surface area contributed by atoms with E-state index in [2.05, 4.69) is 41.4 Å². The Balaban J connectivity index is 1.41. The molecule has 3 aromatic rings. The molecule has 146 valence electrons. The molecule has 1 N–H and O–H groups in total. The maximum Gasteiger partial charge on any atom is 0.226 e. The molecule has 1 saturated carbocycles. The Bertz CT molecular complexity index is 1040. The van der Waals surface area contributed by atoms with E-state index >= 15 is 0 Å². The third-order valence-electron chi connectivity index (χ3n) is 6.17. The van der Waals surface area contributed by atoms with Crippen LogP contribution in [0.3, 0.4) is 0 Å². The number of hydrogen-bond donors (Lipinski definition) is 1. The molecule has 4 nitrogen and oxygen atoms in total. The highest BCUT2D eigenvalue weighted by molar-refractivity contribution is 5.83. The van der Waals surface area contributed by atoms with Gasteiger partial charge in [-0.2, -0.15) is 0 Å². The van der Waals surface area contributed by atoms with Gasteiger partial charge in [-0.3, -0.25) is 9.78 Å². The fraction of sp³-hybridized carbons (Fsp3) is 0.280. The van der Waals surface area contributed by atoms with Crippen LogP contribution in [-0.2, 0) is 17.8 Å². The largest absolute Gasteiger partial charge is 0.393 e. The van der Waals surface area contributed by atoms with Gasteiger partial charge < -0.3 is 10.0 Å². The van der Waals surface area contributed by atoms with E-state index < -0.39 is 0 Å². The predicted octanol–water partition coefficient (Wildman–Crippen LogP) is 4.07. The van der Waals surface area contributed by atoms with Crippen LogP contribution in [0.25, 0.3) is 22.4 Å². The van der Waals surface area contributed by atoms with Crippen molar-refractivity contribution in [2.45, 2.75) is 31.9 Å². The minimum atomic E-state index is -0.289. The highest BCUT2D eigenvalue weighted by atomic mass is 16.3. The molecule has 1 amide bonds. The number of carbonyl (C=O) groups excluding carboxylic acids is 1. The lowest BCUT2D eigenvalue weighted by molar-refractivity contribution is -0.143. The summed E-state index contributed by atoms with van der Waals surface area (Å²) in [7, 11) is 0. The van der Waals surface area contributed by atoms with Crippen LogP contribution in [0.4, 0.5) is 0 Å². The van der Waals surface area contributed by atoms with Crippen molar-refractivity contribution in [2.75, 3.05) is 6.54 Å². The lowest BCUT2D eigenvalue weighted by Gasteiger charge is -2.37. The molecule has 2 heterocycles. The maximum atomic E-state index is 12.6. The Morgan fingerprint density at radius 2 is 1.76 bits per heavy atom. The predicted molar refractivity (Wildman–Crippen MR) is 113 cm³/mol. The number of fused-ring (bicyclic) bond motifs is 1. The van der Waals surface area contributed by atoms with Gasteiger partial charge in [-0.1, -0.05) is 48.5 Å². The molecule has 2 aromatic carbocycles.